The van der Waals surface area contributed by atoms with Crippen LogP contribution in [0.15, 0.2) is 53.6 Å². The highest BCUT2D eigenvalue weighted by Gasteiger charge is 2.05. The second-order valence-corrected chi connectivity index (χ2v) is 5.62. The SMILES string of the molecule is C/C(=N/NC(=O)COc1ccc(Cl)cc1)c1cccc(OCC(=O)O)c1. The maximum absolute atomic E-state index is 11.8. The van der Waals surface area contributed by atoms with E-state index in [0.29, 0.717) is 27.8 Å². The summed E-state index contributed by atoms with van der Waals surface area (Å²) in [5.41, 5.74) is 3.62. The number of hydrogen-bond donors (Lipinski definition) is 2. The van der Waals surface area contributed by atoms with E-state index < -0.39 is 18.5 Å². The number of rotatable bonds is 8. The Labute approximate surface area is 155 Å². The maximum atomic E-state index is 11.8. The molecule has 0 unspecified atom stereocenters. The minimum Gasteiger partial charge on any atom is -0.484 e. The Balaban J connectivity index is 1.88. The number of carboxylic acid groups (broad SMARTS) is 1. The van der Waals surface area contributed by atoms with Gasteiger partial charge in [0.15, 0.2) is 13.2 Å². The lowest BCUT2D eigenvalue weighted by Crippen LogP contribution is -2.25. The molecule has 0 saturated carbocycles. The van der Waals surface area contributed by atoms with Crippen LogP contribution < -0.4 is 14.9 Å². The van der Waals surface area contributed by atoms with E-state index in [9.17, 15) is 9.59 Å². The highest BCUT2D eigenvalue weighted by atomic mass is 35.5. The summed E-state index contributed by atoms with van der Waals surface area (Å²) in [6, 6.07) is 13.4. The van der Waals surface area contributed by atoms with Gasteiger partial charge in [-0.25, -0.2) is 10.2 Å². The van der Waals surface area contributed by atoms with Crippen LogP contribution >= 0.6 is 11.6 Å². The van der Waals surface area contributed by atoms with E-state index in [1.807, 2.05) is 0 Å². The second-order valence-electron chi connectivity index (χ2n) is 5.19. The minimum atomic E-state index is -1.06. The van der Waals surface area contributed by atoms with Crippen molar-refractivity contribution in [2.45, 2.75) is 6.92 Å². The van der Waals surface area contributed by atoms with Gasteiger partial charge in [0.2, 0.25) is 0 Å². The summed E-state index contributed by atoms with van der Waals surface area (Å²) in [4.78, 5) is 22.3. The van der Waals surface area contributed by atoms with Gasteiger partial charge in [0.25, 0.3) is 5.91 Å². The number of carbonyl (C=O) groups is 2. The van der Waals surface area contributed by atoms with Crippen LogP contribution in [-0.4, -0.2) is 35.9 Å². The number of ether oxygens (including phenoxy) is 2. The Kier molecular flexibility index (Phi) is 6.99. The molecule has 7 nitrogen and oxygen atoms in total. The molecule has 0 atom stereocenters. The molecule has 8 heteroatoms. The van der Waals surface area contributed by atoms with E-state index in [0.717, 1.165) is 0 Å². The van der Waals surface area contributed by atoms with Crippen LogP contribution in [0.3, 0.4) is 0 Å². The molecule has 0 radical (unpaired) electrons. The van der Waals surface area contributed by atoms with Gasteiger partial charge in [-0.2, -0.15) is 5.10 Å². The number of halogens is 1. The topological polar surface area (TPSA) is 97.2 Å². The molecule has 0 bridgehead atoms. The first-order valence-corrected chi connectivity index (χ1v) is 7.98. The predicted octanol–water partition coefficient (Wildman–Crippen LogP) is 2.72. The number of nitrogens with zero attached hydrogens (tertiary/aromatic N) is 1. The van der Waals surface area contributed by atoms with Gasteiger partial charge in [-0.05, 0) is 43.3 Å². The first kappa shape index (κ1) is 19.3. The van der Waals surface area contributed by atoms with Crippen LogP contribution in [0.5, 0.6) is 11.5 Å². The molecule has 0 fully saturated rings. The predicted molar refractivity (Wildman–Crippen MR) is 96.9 cm³/mol. The fourth-order valence-electron chi connectivity index (χ4n) is 1.88. The Morgan fingerprint density at radius 2 is 1.77 bits per heavy atom. The Hall–Kier alpha value is -3.06. The third-order valence-corrected chi connectivity index (χ3v) is 3.40. The highest BCUT2D eigenvalue weighted by Crippen LogP contribution is 2.15. The van der Waals surface area contributed by atoms with Crippen LogP contribution in [0.25, 0.3) is 0 Å². The zero-order valence-corrected chi connectivity index (χ0v) is 14.7. The average molecular weight is 377 g/mol. The van der Waals surface area contributed by atoms with E-state index in [2.05, 4.69) is 10.5 Å². The normalized spacial score (nSPS) is 10.9. The van der Waals surface area contributed by atoms with E-state index >= 15 is 0 Å². The van der Waals surface area contributed by atoms with Crippen molar-refractivity contribution in [2.75, 3.05) is 13.2 Å². The summed E-state index contributed by atoms with van der Waals surface area (Å²) in [5.74, 6) is -0.559. The van der Waals surface area contributed by atoms with Gasteiger partial charge in [-0.15, -0.1) is 0 Å². The monoisotopic (exact) mass is 376 g/mol. The molecular weight excluding hydrogens is 360 g/mol. The van der Waals surface area contributed by atoms with Crippen molar-refractivity contribution in [1.29, 1.82) is 0 Å². The smallest absolute Gasteiger partial charge is 0.341 e. The molecule has 1 amide bonds. The molecule has 0 aliphatic heterocycles. The first-order valence-electron chi connectivity index (χ1n) is 7.60. The molecule has 0 aliphatic carbocycles. The zero-order valence-electron chi connectivity index (χ0n) is 13.9. The molecular formula is C18H17ClN2O5. The lowest BCUT2D eigenvalue weighted by Gasteiger charge is -2.07. The first-order chi connectivity index (χ1) is 12.4. The molecule has 0 saturated heterocycles. The molecule has 2 aromatic rings. The summed E-state index contributed by atoms with van der Waals surface area (Å²) in [6.07, 6.45) is 0. The lowest BCUT2D eigenvalue weighted by molar-refractivity contribution is -0.139. The van der Waals surface area contributed by atoms with Crippen LogP contribution in [0.1, 0.15) is 12.5 Å². The molecule has 26 heavy (non-hydrogen) atoms. The van der Waals surface area contributed by atoms with Crippen molar-refractivity contribution >= 4 is 29.2 Å². The molecule has 2 N–H and O–H groups in total. The number of amides is 1. The fraction of sp³-hybridized carbons (Fsp3) is 0.167. The Bertz CT molecular complexity index is 805. The van der Waals surface area contributed by atoms with Crippen molar-refractivity contribution in [3.05, 3.63) is 59.1 Å². The van der Waals surface area contributed by atoms with E-state index in [-0.39, 0.29) is 6.61 Å². The molecule has 2 rings (SSSR count). The molecule has 136 valence electrons. The van der Waals surface area contributed by atoms with Crippen LogP contribution in [0.2, 0.25) is 5.02 Å². The summed E-state index contributed by atoms with van der Waals surface area (Å²) < 4.78 is 10.4. The summed E-state index contributed by atoms with van der Waals surface area (Å²) in [7, 11) is 0. The van der Waals surface area contributed by atoms with Gasteiger partial charge in [0.1, 0.15) is 11.5 Å². The second kappa shape index (κ2) is 9.43. The Morgan fingerprint density at radius 3 is 2.46 bits per heavy atom. The van der Waals surface area contributed by atoms with Gasteiger partial charge in [0, 0.05) is 10.6 Å². The Morgan fingerprint density at radius 1 is 1.08 bits per heavy atom. The quantitative estimate of drug-likeness (QED) is 0.545. The van der Waals surface area contributed by atoms with Gasteiger partial charge in [0.05, 0.1) is 5.71 Å². The van der Waals surface area contributed by atoms with Gasteiger partial charge >= 0.3 is 5.97 Å². The van der Waals surface area contributed by atoms with Crippen molar-refractivity contribution in [3.8, 4) is 11.5 Å². The van der Waals surface area contributed by atoms with Crippen molar-refractivity contribution < 1.29 is 24.2 Å². The summed E-state index contributed by atoms with van der Waals surface area (Å²) >= 11 is 5.77. The van der Waals surface area contributed by atoms with E-state index in [1.165, 1.54) is 0 Å². The maximum Gasteiger partial charge on any atom is 0.341 e. The number of nitrogens with one attached hydrogen (secondary N) is 1. The number of aliphatic carboxylic acids is 1. The highest BCUT2D eigenvalue weighted by molar-refractivity contribution is 6.30. The number of benzene rings is 2. The van der Waals surface area contributed by atoms with Gasteiger partial charge in [-0.3, -0.25) is 4.79 Å². The fourth-order valence-corrected chi connectivity index (χ4v) is 2.00. The number of carbonyl (C=O) groups excluding carboxylic acids is 1. The molecule has 2 aromatic carbocycles. The number of hydrogen-bond acceptors (Lipinski definition) is 5. The number of hydrazone groups is 1. The molecule has 0 heterocycles. The lowest BCUT2D eigenvalue weighted by atomic mass is 10.1. The standard InChI is InChI=1S/C18H17ClN2O5/c1-12(13-3-2-4-16(9-13)26-11-18(23)24)20-21-17(22)10-25-15-7-5-14(19)6-8-15/h2-9H,10-11H2,1H3,(H,21,22)(H,23,24)/b20-12-. The van der Waals surface area contributed by atoms with Crippen LogP contribution in [0, 0.1) is 0 Å². The van der Waals surface area contributed by atoms with Crippen LogP contribution in [-0.2, 0) is 9.59 Å². The minimum absolute atomic E-state index is 0.194. The molecule has 0 spiro atoms. The third-order valence-electron chi connectivity index (χ3n) is 3.15. The third kappa shape index (κ3) is 6.45. The van der Waals surface area contributed by atoms with Gasteiger partial charge in [-0.1, -0.05) is 23.7 Å². The molecule has 0 aliphatic rings. The van der Waals surface area contributed by atoms with Gasteiger partial charge < -0.3 is 14.6 Å². The van der Waals surface area contributed by atoms with Crippen molar-refractivity contribution in [1.82, 2.24) is 5.43 Å². The average Bonchev–Trinajstić information content (AvgIpc) is 2.64. The number of carboxylic acids is 1. The summed E-state index contributed by atoms with van der Waals surface area (Å²) in [5, 5.41) is 13.2. The summed E-state index contributed by atoms with van der Waals surface area (Å²) in [6.45, 7) is 1.08. The van der Waals surface area contributed by atoms with Crippen molar-refractivity contribution in [3.63, 3.8) is 0 Å². The van der Waals surface area contributed by atoms with E-state index in [4.69, 9.17) is 26.2 Å². The molecule has 0 aromatic heterocycles. The largest absolute Gasteiger partial charge is 0.484 e. The zero-order chi connectivity index (χ0) is 18.9. The van der Waals surface area contributed by atoms with Crippen molar-refractivity contribution in [2.24, 2.45) is 5.10 Å². The van der Waals surface area contributed by atoms with E-state index in [1.54, 1.807) is 55.5 Å². The van der Waals surface area contributed by atoms with Crippen LogP contribution in [0.4, 0.5) is 0 Å².